The number of rotatable bonds is 7. The Balaban J connectivity index is 1.50. The summed E-state index contributed by atoms with van der Waals surface area (Å²) in [5.74, 6) is -2.29. The van der Waals surface area contributed by atoms with Crippen LogP contribution in [-0.4, -0.2) is 29.2 Å². The number of aryl methyl sites for hydroxylation is 2. The van der Waals surface area contributed by atoms with Gasteiger partial charge < -0.3 is 19.7 Å². The fourth-order valence-electron chi connectivity index (χ4n) is 4.86. The average Bonchev–Trinajstić information content (AvgIpc) is 2.96. The van der Waals surface area contributed by atoms with E-state index >= 15 is 0 Å². The second kappa shape index (κ2) is 11.2. The van der Waals surface area contributed by atoms with Gasteiger partial charge in [0.25, 0.3) is 5.91 Å². The number of carboxylic acids is 1. The van der Waals surface area contributed by atoms with Crippen molar-refractivity contribution >= 4 is 51.7 Å². The molecule has 0 aliphatic carbocycles. The highest BCUT2D eigenvalue weighted by Crippen LogP contribution is 2.37. The molecule has 1 amide bonds. The van der Waals surface area contributed by atoms with Crippen LogP contribution in [0.2, 0.25) is 0 Å². The number of amides is 1. The highest BCUT2D eigenvalue weighted by molar-refractivity contribution is 6.48. The van der Waals surface area contributed by atoms with E-state index in [-0.39, 0.29) is 11.1 Å². The number of fused-ring (bicyclic) bond motifs is 2. The normalized spacial score (nSPS) is 13.3. The van der Waals surface area contributed by atoms with Gasteiger partial charge in [0.2, 0.25) is 0 Å². The van der Waals surface area contributed by atoms with E-state index in [0.29, 0.717) is 16.8 Å². The number of carbonyl (C=O) groups excluding carboxylic acids is 1. The molecule has 0 bridgehead atoms. The maximum Gasteiger partial charge on any atom is 0.354 e. The number of carboxylic acid groups (broad SMARTS) is 1. The molecule has 1 aliphatic heterocycles. The molecule has 0 saturated carbocycles. The van der Waals surface area contributed by atoms with Crippen LogP contribution < -0.4 is 15.8 Å². The lowest BCUT2D eigenvalue weighted by Gasteiger charge is -2.31. The molecule has 0 unspecified atom stereocenters. The summed E-state index contributed by atoms with van der Waals surface area (Å²) in [6, 6.07) is 22.6. The van der Waals surface area contributed by atoms with Crippen LogP contribution >= 0.6 is 0 Å². The van der Waals surface area contributed by atoms with Crippen LogP contribution in [0.15, 0.2) is 99.7 Å². The molecule has 0 spiro atoms. The number of nitrogens with one attached hydrogen (secondary N) is 2. The minimum absolute atomic E-state index is 0.282. The van der Waals surface area contributed by atoms with Gasteiger partial charge in [-0.1, -0.05) is 42.5 Å². The first-order chi connectivity index (χ1) is 19.3. The molecule has 8 nitrogen and oxygen atoms in total. The Bertz CT molecular complexity index is 1740. The Kier molecular flexibility index (Phi) is 7.41. The van der Waals surface area contributed by atoms with Crippen molar-refractivity contribution in [1.82, 2.24) is 0 Å². The lowest BCUT2D eigenvalue weighted by Crippen LogP contribution is -2.25. The second-order valence-electron chi connectivity index (χ2n) is 9.44. The maximum atomic E-state index is 13.0. The summed E-state index contributed by atoms with van der Waals surface area (Å²) in [6.07, 6.45) is 5.96. The molecule has 0 saturated heterocycles. The third kappa shape index (κ3) is 5.33. The summed E-state index contributed by atoms with van der Waals surface area (Å²) in [4.78, 5) is 39.5. The Labute approximate surface area is 230 Å². The Hall–Kier alpha value is -5.24. The van der Waals surface area contributed by atoms with Crippen molar-refractivity contribution < 1.29 is 19.1 Å². The van der Waals surface area contributed by atoms with Crippen LogP contribution in [0.4, 0.5) is 17.1 Å². The fourth-order valence-corrected chi connectivity index (χ4v) is 4.86. The Morgan fingerprint density at radius 1 is 1.05 bits per heavy atom. The molecule has 1 aromatic heterocycles. The SMILES string of the molecule is Cc1c(/C=C/C=C(/C(=N)C(=O)O)C(=O)Nc2ccccc2)c(=O)oc2cc3c(cc12)CCCN3c1ccccc1. The predicted molar refractivity (Wildman–Crippen MR) is 157 cm³/mol. The molecule has 8 heteroatoms. The van der Waals surface area contributed by atoms with Gasteiger partial charge in [-0.2, -0.15) is 0 Å². The summed E-state index contributed by atoms with van der Waals surface area (Å²) in [5.41, 5.74) is 3.40. The summed E-state index contributed by atoms with van der Waals surface area (Å²) < 4.78 is 5.72. The summed E-state index contributed by atoms with van der Waals surface area (Å²) in [7, 11) is 0. The highest BCUT2D eigenvalue weighted by Gasteiger charge is 2.22. The van der Waals surface area contributed by atoms with E-state index in [2.05, 4.69) is 28.4 Å². The molecular formula is C32H27N3O5. The number of carbonyl (C=O) groups is 2. The number of hydrogen-bond acceptors (Lipinski definition) is 6. The smallest absolute Gasteiger partial charge is 0.354 e. The first-order valence-corrected chi connectivity index (χ1v) is 12.8. The third-order valence-electron chi connectivity index (χ3n) is 6.88. The van der Waals surface area contributed by atoms with Crippen molar-refractivity contribution in [2.24, 2.45) is 0 Å². The summed E-state index contributed by atoms with van der Waals surface area (Å²) in [6.45, 7) is 2.69. The van der Waals surface area contributed by atoms with Gasteiger partial charge in [0.05, 0.1) is 11.1 Å². The molecule has 2 heterocycles. The molecule has 0 atom stereocenters. The van der Waals surface area contributed by atoms with Gasteiger partial charge in [-0.25, -0.2) is 9.59 Å². The number of anilines is 3. The molecule has 3 aromatic carbocycles. The van der Waals surface area contributed by atoms with Crippen molar-refractivity contribution in [3.05, 3.63) is 118 Å². The van der Waals surface area contributed by atoms with E-state index in [0.717, 1.165) is 41.7 Å². The van der Waals surface area contributed by atoms with E-state index in [4.69, 9.17) is 9.83 Å². The maximum absolute atomic E-state index is 13.0. The van der Waals surface area contributed by atoms with E-state index in [1.807, 2.05) is 31.2 Å². The van der Waals surface area contributed by atoms with Gasteiger partial charge in [-0.05, 0) is 73.4 Å². The number of aliphatic carboxylic acids is 1. The van der Waals surface area contributed by atoms with Gasteiger partial charge in [-0.3, -0.25) is 10.2 Å². The van der Waals surface area contributed by atoms with Crippen LogP contribution in [0.3, 0.4) is 0 Å². The lowest BCUT2D eigenvalue weighted by atomic mass is 9.96. The minimum Gasteiger partial charge on any atom is -0.477 e. The molecule has 4 aromatic rings. The van der Waals surface area contributed by atoms with Gasteiger partial charge in [-0.15, -0.1) is 0 Å². The van der Waals surface area contributed by atoms with Crippen molar-refractivity contribution in [3.8, 4) is 0 Å². The average molecular weight is 534 g/mol. The predicted octanol–water partition coefficient (Wildman–Crippen LogP) is 5.87. The molecule has 1 aliphatic rings. The van der Waals surface area contributed by atoms with Gasteiger partial charge in [0.1, 0.15) is 5.58 Å². The molecule has 200 valence electrons. The number of para-hydroxylation sites is 2. The zero-order valence-corrected chi connectivity index (χ0v) is 21.8. The van der Waals surface area contributed by atoms with Gasteiger partial charge >= 0.3 is 11.6 Å². The van der Waals surface area contributed by atoms with Crippen LogP contribution in [0.1, 0.15) is 23.1 Å². The molecule has 0 fully saturated rings. The lowest BCUT2D eigenvalue weighted by molar-refractivity contribution is -0.129. The van der Waals surface area contributed by atoms with Crippen molar-refractivity contribution in [2.75, 3.05) is 16.8 Å². The van der Waals surface area contributed by atoms with E-state index in [1.54, 1.807) is 30.3 Å². The quantitative estimate of drug-likeness (QED) is 0.118. The fraction of sp³-hybridized carbons (Fsp3) is 0.125. The largest absolute Gasteiger partial charge is 0.477 e. The second-order valence-corrected chi connectivity index (χ2v) is 9.44. The molecular weight excluding hydrogens is 506 g/mol. The van der Waals surface area contributed by atoms with Gasteiger partial charge in [0.15, 0.2) is 5.71 Å². The van der Waals surface area contributed by atoms with Crippen LogP contribution in [-0.2, 0) is 16.0 Å². The molecule has 0 radical (unpaired) electrons. The van der Waals surface area contributed by atoms with Crippen LogP contribution in [0, 0.1) is 12.3 Å². The van der Waals surface area contributed by atoms with Crippen molar-refractivity contribution in [1.29, 1.82) is 5.41 Å². The van der Waals surface area contributed by atoms with Gasteiger partial charge in [0, 0.05) is 35.1 Å². The minimum atomic E-state index is -1.54. The first kappa shape index (κ1) is 26.4. The summed E-state index contributed by atoms with van der Waals surface area (Å²) >= 11 is 0. The molecule has 3 N–H and O–H groups in total. The van der Waals surface area contributed by atoms with Crippen LogP contribution in [0.5, 0.6) is 0 Å². The Morgan fingerprint density at radius 2 is 1.75 bits per heavy atom. The standard InChI is InChI=1S/C32H27N3O5/c1-20-24(15-8-16-25(29(33)31(37)38)30(36)34-22-11-4-2-5-12-22)32(39)40-28-19-27-21(18-26(20)28)10-9-17-35(27)23-13-6-3-7-14-23/h2-8,11-16,18-19,33H,9-10,17H2,1H3,(H,34,36)(H,37,38)/b15-8+,25-16-,33-29?. The van der Waals surface area contributed by atoms with Crippen molar-refractivity contribution in [2.45, 2.75) is 19.8 Å². The van der Waals surface area contributed by atoms with E-state index in [1.165, 1.54) is 18.2 Å². The number of allylic oxidation sites excluding steroid dienone is 2. The highest BCUT2D eigenvalue weighted by atomic mass is 16.4. The molecule has 40 heavy (non-hydrogen) atoms. The van der Waals surface area contributed by atoms with Crippen LogP contribution in [0.25, 0.3) is 17.0 Å². The topological polar surface area (TPSA) is 124 Å². The van der Waals surface area contributed by atoms with E-state index in [9.17, 15) is 19.5 Å². The Morgan fingerprint density at radius 3 is 2.45 bits per heavy atom. The number of nitrogens with zero attached hydrogens (tertiary/aromatic N) is 1. The monoisotopic (exact) mass is 533 g/mol. The zero-order valence-electron chi connectivity index (χ0n) is 21.8. The number of hydrogen-bond donors (Lipinski definition) is 3. The summed E-state index contributed by atoms with van der Waals surface area (Å²) in [5, 5.41) is 20.6. The number of benzene rings is 3. The van der Waals surface area contributed by atoms with Crippen molar-refractivity contribution in [3.63, 3.8) is 0 Å². The van der Waals surface area contributed by atoms with E-state index < -0.39 is 23.2 Å². The first-order valence-electron chi connectivity index (χ1n) is 12.8. The zero-order chi connectivity index (χ0) is 28.2. The third-order valence-corrected chi connectivity index (χ3v) is 6.88. The molecule has 5 rings (SSSR count).